The van der Waals surface area contributed by atoms with Crippen LogP contribution in [0.3, 0.4) is 0 Å². The summed E-state index contributed by atoms with van der Waals surface area (Å²) in [5.41, 5.74) is 16.0. The Morgan fingerprint density at radius 1 is 0.306 bits per heavy atom. The van der Waals surface area contributed by atoms with Gasteiger partial charge in [0.25, 0.3) is 0 Å². The number of nitrogens with zero attached hydrogens (tertiary/aromatic N) is 5. The summed E-state index contributed by atoms with van der Waals surface area (Å²) in [6.45, 7) is 0. The van der Waals surface area contributed by atoms with E-state index in [2.05, 4.69) is 137 Å². The van der Waals surface area contributed by atoms with Crippen molar-refractivity contribution in [2.24, 2.45) is 0 Å². The zero-order valence-corrected chi connectivity index (χ0v) is 33.4. The molecule has 0 fully saturated rings. The summed E-state index contributed by atoms with van der Waals surface area (Å²) in [5.74, 6) is 2.29. The second-order valence-corrected chi connectivity index (χ2v) is 15.6. The largest absolute Gasteiger partial charge is 0.457 e. The molecule has 0 N–H and O–H groups in total. The van der Waals surface area contributed by atoms with Crippen molar-refractivity contribution in [1.29, 1.82) is 0 Å². The molecule has 1 spiro atoms. The molecule has 1 aliphatic carbocycles. The minimum Gasteiger partial charge on any atom is -0.457 e. The number of hydrogen-bond acceptors (Lipinski definition) is 6. The van der Waals surface area contributed by atoms with Crippen LogP contribution >= 0.6 is 0 Å². The molecule has 0 saturated carbocycles. The summed E-state index contributed by atoms with van der Waals surface area (Å²) in [5, 5.41) is 0. The Morgan fingerprint density at radius 3 is 1.39 bits per heavy atom. The van der Waals surface area contributed by atoms with Crippen LogP contribution in [0.2, 0.25) is 0 Å². The molecule has 2 aliphatic rings. The summed E-state index contributed by atoms with van der Waals surface area (Å²) < 4.78 is 6.98. The number of aromatic nitrogens is 5. The number of rotatable bonds is 6. The van der Waals surface area contributed by atoms with E-state index in [1.807, 2.05) is 72.8 Å². The van der Waals surface area contributed by atoms with Crippen LogP contribution in [0, 0.1) is 0 Å². The standard InChI is InChI=1S/C56H35N5O/c1-3-15-36(16-4-1)49-35-50(61-55(60-49)37-17-5-2-6-18-37)39-26-28-54-46(32-39)56(43-21-9-7-19-41(43)42-20-8-10-22-44(42)56)45-31-38(25-27-53(45)62-54)40-33-51(47-23-11-13-29-57-47)59-52(34-40)48-24-12-14-30-58-48/h1-35H. The lowest BCUT2D eigenvalue weighted by atomic mass is 9.65. The Hall–Kier alpha value is -8.35. The fourth-order valence-electron chi connectivity index (χ4n) is 9.30. The molecule has 0 unspecified atom stereocenters. The highest BCUT2D eigenvalue weighted by Crippen LogP contribution is 2.62. The molecule has 6 nitrogen and oxygen atoms in total. The molecular weight excluding hydrogens is 759 g/mol. The van der Waals surface area contributed by atoms with Gasteiger partial charge in [-0.15, -0.1) is 0 Å². The fourth-order valence-corrected chi connectivity index (χ4v) is 9.30. The average molecular weight is 794 g/mol. The lowest BCUT2D eigenvalue weighted by molar-refractivity contribution is 0.436. The van der Waals surface area contributed by atoms with E-state index in [1.165, 1.54) is 22.3 Å². The molecule has 4 aromatic heterocycles. The highest BCUT2D eigenvalue weighted by Gasteiger charge is 2.51. The van der Waals surface area contributed by atoms with Gasteiger partial charge in [0, 0.05) is 40.2 Å². The third kappa shape index (κ3) is 5.76. The third-order valence-corrected chi connectivity index (χ3v) is 12.1. The number of ether oxygens (including phenoxy) is 1. The predicted octanol–water partition coefficient (Wildman–Crippen LogP) is 13.1. The van der Waals surface area contributed by atoms with E-state index in [1.54, 1.807) is 12.4 Å². The van der Waals surface area contributed by atoms with Gasteiger partial charge in [0.15, 0.2) is 5.82 Å². The fraction of sp³-hybridized carbons (Fsp3) is 0.0179. The van der Waals surface area contributed by atoms with E-state index in [0.29, 0.717) is 5.82 Å². The number of fused-ring (bicyclic) bond motifs is 9. The van der Waals surface area contributed by atoms with Crippen molar-refractivity contribution < 1.29 is 4.74 Å². The predicted molar refractivity (Wildman–Crippen MR) is 245 cm³/mol. The van der Waals surface area contributed by atoms with E-state index in [9.17, 15) is 0 Å². The van der Waals surface area contributed by atoms with Gasteiger partial charge in [0.05, 0.1) is 39.6 Å². The first-order chi connectivity index (χ1) is 30.7. The molecule has 62 heavy (non-hydrogen) atoms. The van der Waals surface area contributed by atoms with Crippen LogP contribution in [0.4, 0.5) is 0 Å². The average Bonchev–Trinajstić information content (AvgIpc) is 3.65. The molecule has 5 heterocycles. The Morgan fingerprint density at radius 2 is 0.806 bits per heavy atom. The number of benzene rings is 6. The molecule has 0 saturated heterocycles. The van der Waals surface area contributed by atoms with Gasteiger partial charge in [-0.05, 0) is 106 Å². The second-order valence-electron chi connectivity index (χ2n) is 15.6. The van der Waals surface area contributed by atoms with Crippen LogP contribution in [0.25, 0.3) is 78.9 Å². The normalized spacial score (nSPS) is 12.8. The summed E-state index contributed by atoms with van der Waals surface area (Å²) in [7, 11) is 0. The van der Waals surface area contributed by atoms with Crippen molar-refractivity contribution in [2.75, 3.05) is 0 Å². The monoisotopic (exact) mass is 793 g/mol. The van der Waals surface area contributed by atoms with Gasteiger partial charge in [-0.3, -0.25) is 9.97 Å². The van der Waals surface area contributed by atoms with Crippen molar-refractivity contribution in [3.05, 3.63) is 235 Å². The van der Waals surface area contributed by atoms with Gasteiger partial charge in [-0.2, -0.15) is 0 Å². The molecule has 0 radical (unpaired) electrons. The molecule has 290 valence electrons. The van der Waals surface area contributed by atoms with Gasteiger partial charge in [-0.25, -0.2) is 15.0 Å². The van der Waals surface area contributed by atoms with E-state index in [0.717, 1.165) is 84.6 Å². The van der Waals surface area contributed by atoms with Gasteiger partial charge in [0.1, 0.15) is 11.5 Å². The minimum absolute atomic E-state index is 0.671. The molecule has 6 heteroatoms. The number of pyridine rings is 3. The zero-order valence-electron chi connectivity index (χ0n) is 33.4. The van der Waals surface area contributed by atoms with Crippen molar-refractivity contribution in [3.8, 4) is 90.4 Å². The summed E-state index contributed by atoms with van der Waals surface area (Å²) in [4.78, 5) is 24.8. The third-order valence-electron chi connectivity index (χ3n) is 12.1. The maximum Gasteiger partial charge on any atom is 0.160 e. The van der Waals surface area contributed by atoms with Crippen LogP contribution in [-0.2, 0) is 5.41 Å². The summed E-state index contributed by atoms with van der Waals surface area (Å²) in [6.07, 6.45) is 3.61. The van der Waals surface area contributed by atoms with E-state index < -0.39 is 5.41 Å². The quantitative estimate of drug-likeness (QED) is 0.167. The smallest absolute Gasteiger partial charge is 0.160 e. The van der Waals surface area contributed by atoms with Crippen LogP contribution in [0.5, 0.6) is 11.5 Å². The first-order valence-electron chi connectivity index (χ1n) is 20.7. The Balaban J connectivity index is 1.10. The van der Waals surface area contributed by atoms with Gasteiger partial charge in [0.2, 0.25) is 0 Å². The molecule has 1 aliphatic heterocycles. The highest BCUT2D eigenvalue weighted by atomic mass is 16.5. The first kappa shape index (κ1) is 35.6. The van der Waals surface area contributed by atoms with Gasteiger partial charge >= 0.3 is 0 Å². The van der Waals surface area contributed by atoms with Crippen molar-refractivity contribution in [3.63, 3.8) is 0 Å². The minimum atomic E-state index is -0.722. The number of hydrogen-bond donors (Lipinski definition) is 0. The Labute approximate surface area is 359 Å². The molecular formula is C56H35N5O. The maximum absolute atomic E-state index is 6.98. The second kappa shape index (κ2) is 14.4. The topological polar surface area (TPSA) is 73.7 Å². The van der Waals surface area contributed by atoms with Crippen molar-refractivity contribution in [1.82, 2.24) is 24.9 Å². The molecule has 0 amide bonds. The molecule has 0 bridgehead atoms. The molecule has 6 aromatic carbocycles. The van der Waals surface area contributed by atoms with Gasteiger partial charge in [-0.1, -0.05) is 127 Å². The molecule has 10 aromatic rings. The summed E-state index contributed by atoms with van der Waals surface area (Å²) >= 11 is 0. The lowest BCUT2D eigenvalue weighted by Crippen LogP contribution is -2.32. The van der Waals surface area contributed by atoms with Crippen LogP contribution in [0.1, 0.15) is 22.3 Å². The highest BCUT2D eigenvalue weighted by molar-refractivity contribution is 5.90. The van der Waals surface area contributed by atoms with Crippen LogP contribution < -0.4 is 4.74 Å². The first-order valence-corrected chi connectivity index (χ1v) is 20.7. The summed E-state index contributed by atoms with van der Waals surface area (Å²) in [6, 6.07) is 69.4. The van der Waals surface area contributed by atoms with Crippen LogP contribution in [0.15, 0.2) is 213 Å². The SMILES string of the molecule is c1ccc(-c2cc(-c3ccc4c(c3)C3(c5cc(-c6cc(-c7ccccn7)nc(-c7ccccn7)c6)ccc5O4)c4ccccc4-c4ccccc43)nc(-c3ccccc3)n2)cc1. The lowest BCUT2D eigenvalue weighted by Gasteiger charge is -2.40. The maximum atomic E-state index is 6.98. The Bertz CT molecular complexity index is 2980. The van der Waals surface area contributed by atoms with Gasteiger partial charge < -0.3 is 4.74 Å². The van der Waals surface area contributed by atoms with Crippen LogP contribution in [-0.4, -0.2) is 24.9 Å². The zero-order chi connectivity index (χ0) is 41.0. The molecule has 0 atom stereocenters. The van der Waals surface area contributed by atoms with E-state index in [-0.39, 0.29) is 0 Å². The molecule has 12 rings (SSSR count). The van der Waals surface area contributed by atoms with Crippen molar-refractivity contribution in [2.45, 2.75) is 5.41 Å². The van der Waals surface area contributed by atoms with Crippen molar-refractivity contribution >= 4 is 0 Å². The van der Waals surface area contributed by atoms with E-state index >= 15 is 0 Å². The van der Waals surface area contributed by atoms with E-state index in [4.69, 9.17) is 19.7 Å². The Kier molecular flexibility index (Phi) is 8.28.